The highest BCUT2D eigenvalue weighted by Crippen LogP contribution is 2.20. The molecule has 22 heavy (non-hydrogen) atoms. The lowest BCUT2D eigenvalue weighted by Crippen LogP contribution is -1.84. The Bertz CT molecular complexity index is 677. The van der Waals surface area contributed by atoms with Crippen molar-refractivity contribution < 1.29 is 14.6 Å². The molecular weight excluding hydrogens is 276 g/mol. The van der Waals surface area contributed by atoms with Gasteiger partial charge in [0, 0.05) is 5.56 Å². The van der Waals surface area contributed by atoms with E-state index in [4.69, 9.17) is 9.84 Å². The number of para-hydroxylation sites is 2. The molecular formula is C19H16O3. The fourth-order valence-electron chi connectivity index (χ4n) is 1.67. The van der Waals surface area contributed by atoms with Gasteiger partial charge < -0.3 is 9.84 Å². The van der Waals surface area contributed by atoms with E-state index in [-0.39, 0.29) is 0 Å². The number of aromatic hydroxyl groups is 1. The molecule has 0 unspecified atom stereocenters. The smallest absolute Gasteiger partial charge is 0.150 e. The molecule has 0 heterocycles. The SMILES string of the molecule is O=Cc1ccc(Oc2ccccc2)cc1.Oc1ccccc1. The number of carbonyl (C=O) groups excluding carboxylic acids is 1. The Labute approximate surface area is 129 Å². The zero-order valence-electron chi connectivity index (χ0n) is 11.9. The van der Waals surface area contributed by atoms with Crippen molar-refractivity contribution in [3.05, 3.63) is 90.5 Å². The summed E-state index contributed by atoms with van der Waals surface area (Å²) in [5.41, 5.74) is 0.649. The van der Waals surface area contributed by atoms with Gasteiger partial charge in [-0.05, 0) is 48.5 Å². The van der Waals surface area contributed by atoms with Crippen LogP contribution in [-0.4, -0.2) is 11.4 Å². The Morgan fingerprint density at radius 2 is 1.18 bits per heavy atom. The molecule has 0 aliphatic carbocycles. The number of aldehydes is 1. The lowest BCUT2D eigenvalue weighted by Gasteiger charge is -2.04. The molecule has 3 rings (SSSR count). The first-order valence-corrected chi connectivity index (χ1v) is 6.80. The van der Waals surface area contributed by atoms with E-state index in [9.17, 15) is 4.79 Å². The standard InChI is InChI=1S/C13H10O2.C6H6O/c14-10-11-6-8-13(9-7-11)15-12-4-2-1-3-5-12;7-6-4-2-1-3-5-6/h1-10H;1-5,7H. The van der Waals surface area contributed by atoms with Gasteiger partial charge in [-0.3, -0.25) is 4.79 Å². The molecule has 0 radical (unpaired) electrons. The summed E-state index contributed by atoms with van der Waals surface area (Å²) in [6.45, 7) is 0. The lowest BCUT2D eigenvalue weighted by molar-refractivity contribution is 0.112. The Morgan fingerprint density at radius 3 is 1.64 bits per heavy atom. The molecule has 0 saturated heterocycles. The third-order valence-corrected chi connectivity index (χ3v) is 2.75. The number of rotatable bonds is 3. The van der Waals surface area contributed by atoms with Gasteiger partial charge in [-0.2, -0.15) is 0 Å². The van der Waals surface area contributed by atoms with Crippen LogP contribution in [0.5, 0.6) is 17.2 Å². The molecule has 0 saturated carbocycles. The molecule has 0 fully saturated rings. The van der Waals surface area contributed by atoms with Crippen molar-refractivity contribution in [2.45, 2.75) is 0 Å². The lowest BCUT2D eigenvalue weighted by atomic mass is 10.2. The van der Waals surface area contributed by atoms with E-state index in [0.29, 0.717) is 11.3 Å². The highest BCUT2D eigenvalue weighted by atomic mass is 16.5. The normalized spacial score (nSPS) is 9.27. The minimum atomic E-state index is 0.322. The van der Waals surface area contributed by atoms with Gasteiger partial charge in [0.25, 0.3) is 0 Å². The summed E-state index contributed by atoms with van der Waals surface area (Å²) in [7, 11) is 0. The highest BCUT2D eigenvalue weighted by molar-refractivity contribution is 5.74. The number of phenols is 1. The van der Waals surface area contributed by atoms with Crippen LogP contribution in [0.1, 0.15) is 10.4 Å². The van der Waals surface area contributed by atoms with Crippen LogP contribution >= 0.6 is 0 Å². The Balaban J connectivity index is 0.000000211. The van der Waals surface area contributed by atoms with Crippen molar-refractivity contribution in [3.8, 4) is 17.2 Å². The molecule has 0 spiro atoms. The van der Waals surface area contributed by atoms with Gasteiger partial charge in [0.1, 0.15) is 23.5 Å². The first-order valence-electron chi connectivity index (χ1n) is 6.80. The van der Waals surface area contributed by atoms with Gasteiger partial charge in [0.2, 0.25) is 0 Å². The van der Waals surface area contributed by atoms with Gasteiger partial charge in [-0.1, -0.05) is 36.4 Å². The van der Waals surface area contributed by atoms with E-state index >= 15 is 0 Å². The molecule has 3 aromatic carbocycles. The van der Waals surface area contributed by atoms with Crippen LogP contribution in [0.4, 0.5) is 0 Å². The average molecular weight is 292 g/mol. The minimum absolute atomic E-state index is 0.322. The maximum absolute atomic E-state index is 10.4. The Hall–Kier alpha value is -3.07. The summed E-state index contributed by atoms with van der Waals surface area (Å²) in [4.78, 5) is 10.4. The zero-order chi connectivity index (χ0) is 15.6. The first kappa shape index (κ1) is 15.3. The third-order valence-electron chi connectivity index (χ3n) is 2.75. The van der Waals surface area contributed by atoms with Crippen LogP contribution in [0, 0.1) is 0 Å². The molecule has 0 bridgehead atoms. The topological polar surface area (TPSA) is 46.5 Å². The number of phenolic OH excluding ortho intramolecular Hbond substituents is 1. The van der Waals surface area contributed by atoms with Crippen LogP contribution < -0.4 is 4.74 Å². The van der Waals surface area contributed by atoms with Crippen molar-refractivity contribution >= 4 is 6.29 Å². The summed E-state index contributed by atoms with van der Waals surface area (Å²) in [5, 5.41) is 8.63. The summed E-state index contributed by atoms with van der Waals surface area (Å²) >= 11 is 0. The highest BCUT2D eigenvalue weighted by Gasteiger charge is 1.95. The second-order valence-corrected chi connectivity index (χ2v) is 4.44. The molecule has 0 atom stereocenters. The third kappa shape index (κ3) is 5.13. The van der Waals surface area contributed by atoms with Crippen molar-refractivity contribution in [1.29, 1.82) is 0 Å². The average Bonchev–Trinajstić information content (AvgIpc) is 2.58. The van der Waals surface area contributed by atoms with Crippen LogP contribution in [0.25, 0.3) is 0 Å². The molecule has 1 N–H and O–H groups in total. The second-order valence-electron chi connectivity index (χ2n) is 4.44. The van der Waals surface area contributed by atoms with Gasteiger partial charge in [0.15, 0.2) is 0 Å². The predicted molar refractivity (Wildman–Crippen MR) is 86.5 cm³/mol. The van der Waals surface area contributed by atoms with Crippen molar-refractivity contribution in [2.75, 3.05) is 0 Å². The van der Waals surface area contributed by atoms with E-state index in [1.165, 1.54) is 0 Å². The molecule has 3 nitrogen and oxygen atoms in total. The van der Waals surface area contributed by atoms with Crippen LogP contribution in [0.2, 0.25) is 0 Å². The minimum Gasteiger partial charge on any atom is -0.508 e. The van der Waals surface area contributed by atoms with E-state index in [1.807, 2.05) is 36.4 Å². The number of ether oxygens (including phenoxy) is 1. The molecule has 0 aromatic heterocycles. The molecule has 0 aliphatic rings. The van der Waals surface area contributed by atoms with Crippen LogP contribution in [0.15, 0.2) is 84.9 Å². The summed E-state index contributed by atoms with van der Waals surface area (Å²) in [5.74, 6) is 1.84. The Kier molecular flexibility index (Phi) is 5.76. The monoisotopic (exact) mass is 292 g/mol. The zero-order valence-corrected chi connectivity index (χ0v) is 11.9. The van der Waals surface area contributed by atoms with E-state index in [1.54, 1.807) is 48.5 Å². The van der Waals surface area contributed by atoms with Gasteiger partial charge >= 0.3 is 0 Å². The van der Waals surface area contributed by atoms with Gasteiger partial charge in [-0.25, -0.2) is 0 Å². The Morgan fingerprint density at radius 1 is 0.682 bits per heavy atom. The summed E-state index contributed by atoms with van der Waals surface area (Å²) in [6, 6.07) is 25.2. The summed E-state index contributed by atoms with van der Waals surface area (Å²) in [6.07, 6.45) is 0.812. The van der Waals surface area contributed by atoms with Gasteiger partial charge in [-0.15, -0.1) is 0 Å². The molecule has 0 amide bonds. The summed E-state index contributed by atoms with van der Waals surface area (Å²) < 4.78 is 5.56. The van der Waals surface area contributed by atoms with Crippen LogP contribution in [0.3, 0.4) is 0 Å². The fourth-order valence-corrected chi connectivity index (χ4v) is 1.67. The fraction of sp³-hybridized carbons (Fsp3) is 0. The van der Waals surface area contributed by atoms with Gasteiger partial charge in [0.05, 0.1) is 0 Å². The number of benzene rings is 3. The first-order chi connectivity index (χ1) is 10.8. The van der Waals surface area contributed by atoms with Crippen molar-refractivity contribution in [1.82, 2.24) is 0 Å². The molecule has 3 heteroatoms. The maximum atomic E-state index is 10.4. The van der Waals surface area contributed by atoms with E-state index in [2.05, 4.69) is 0 Å². The largest absolute Gasteiger partial charge is 0.508 e. The van der Waals surface area contributed by atoms with Crippen LogP contribution in [-0.2, 0) is 0 Å². The van der Waals surface area contributed by atoms with Crippen molar-refractivity contribution in [2.24, 2.45) is 0 Å². The number of hydrogen-bond donors (Lipinski definition) is 1. The molecule has 0 aliphatic heterocycles. The van der Waals surface area contributed by atoms with E-state index in [0.717, 1.165) is 17.8 Å². The second kappa shape index (κ2) is 8.27. The number of hydrogen-bond acceptors (Lipinski definition) is 3. The molecule has 110 valence electrons. The van der Waals surface area contributed by atoms with E-state index < -0.39 is 0 Å². The predicted octanol–water partition coefficient (Wildman–Crippen LogP) is 4.68. The van der Waals surface area contributed by atoms with Crippen molar-refractivity contribution in [3.63, 3.8) is 0 Å². The molecule has 3 aromatic rings. The number of carbonyl (C=O) groups is 1. The maximum Gasteiger partial charge on any atom is 0.150 e. The quantitative estimate of drug-likeness (QED) is 0.713.